The van der Waals surface area contributed by atoms with E-state index in [4.69, 9.17) is 0 Å². The smallest absolute Gasteiger partial charge is 0.307 e. The highest BCUT2D eigenvalue weighted by molar-refractivity contribution is 5.72. The summed E-state index contributed by atoms with van der Waals surface area (Å²) < 4.78 is 44.8. The van der Waals surface area contributed by atoms with E-state index < -0.39 is 11.6 Å². The number of piperidine rings is 2. The van der Waals surface area contributed by atoms with Gasteiger partial charge in [0.25, 0.3) is 0 Å². The zero-order valence-corrected chi connectivity index (χ0v) is 37.0. The molecule has 6 aromatic carbocycles. The summed E-state index contributed by atoms with van der Waals surface area (Å²) in [4.78, 5) is 2.43. The molecule has 1 N–H and O–H groups in total. The lowest BCUT2D eigenvalue weighted by molar-refractivity contribution is -0.192. The molecular formula is C56H61F3N2. The molecule has 61 heavy (non-hydrogen) atoms. The minimum absolute atomic E-state index is 0.0415. The number of benzene rings is 6. The second-order valence-corrected chi connectivity index (χ2v) is 19.8. The predicted octanol–water partition coefficient (Wildman–Crippen LogP) is 14.4. The average molecular weight is 819 g/mol. The van der Waals surface area contributed by atoms with Crippen molar-refractivity contribution in [1.29, 1.82) is 0 Å². The summed E-state index contributed by atoms with van der Waals surface area (Å²) in [7, 11) is 2.21. The first-order valence-electron chi connectivity index (χ1n) is 22.1. The molecule has 0 aliphatic carbocycles. The third-order valence-corrected chi connectivity index (χ3v) is 14.0. The van der Waals surface area contributed by atoms with E-state index >= 15 is 0 Å². The van der Waals surface area contributed by atoms with Crippen molar-refractivity contribution in [2.75, 3.05) is 20.1 Å². The van der Waals surface area contributed by atoms with Crippen LogP contribution in [0.15, 0.2) is 146 Å². The first-order chi connectivity index (χ1) is 28.9. The highest BCUT2D eigenvalue weighted by Gasteiger charge is 2.54. The number of rotatable bonds is 9. The largest absolute Gasteiger partial charge is 0.398 e. The lowest BCUT2D eigenvalue weighted by Crippen LogP contribution is -2.58. The van der Waals surface area contributed by atoms with Gasteiger partial charge in [-0.3, -0.25) is 0 Å². The minimum Gasteiger partial charge on any atom is -0.307 e. The van der Waals surface area contributed by atoms with Crippen LogP contribution in [0.1, 0.15) is 89.0 Å². The van der Waals surface area contributed by atoms with Crippen molar-refractivity contribution >= 4 is 0 Å². The molecule has 2 aliphatic rings. The summed E-state index contributed by atoms with van der Waals surface area (Å²) in [6.07, 6.45) is -0.748. The Kier molecular flexibility index (Phi) is 11.5. The Morgan fingerprint density at radius 2 is 0.836 bits per heavy atom. The van der Waals surface area contributed by atoms with E-state index in [1.807, 2.05) is 12.1 Å². The molecule has 6 aromatic rings. The zero-order chi connectivity index (χ0) is 43.2. The maximum Gasteiger partial charge on any atom is 0.398 e. The van der Waals surface area contributed by atoms with Crippen LogP contribution in [0.25, 0.3) is 44.5 Å². The standard InChI is InChI=1S/C56H61F3N2/c1-39-8-10-41(11-9-39)42-12-14-44(15-13-42)47-22-28-50(29-23-47)55(32-34-61(7)35-33-55)51-30-24-48(25-31-51)45-18-16-43(17-19-45)46-20-26-49(27-21-46)54(6,56(57,58)59)38-40-36-52(2,3)60-53(4,5)37-40/h8-31,40,60H,32-38H2,1-7H3. The maximum absolute atomic E-state index is 14.9. The highest BCUT2D eigenvalue weighted by Crippen LogP contribution is 2.49. The molecule has 0 radical (unpaired) electrons. The van der Waals surface area contributed by atoms with Crippen LogP contribution in [-0.4, -0.2) is 42.3 Å². The molecule has 2 heterocycles. The Morgan fingerprint density at radius 1 is 0.525 bits per heavy atom. The molecule has 8 rings (SSSR count). The van der Waals surface area contributed by atoms with Gasteiger partial charge in [-0.25, -0.2) is 0 Å². The molecule has 2 nitrogen and oxygen atoms in total. The van der Waals surface area contributed by atoms with Crippen LogP contribution in [0.2, 0.25) is 0 Å². The minimum atomic E-state index is -4.36. The quantitative estimate of drug-likeness (QED) is 0.156. The number of nitrogens with zero attached hydrogens (tertiary/aromatic N) is 1. The number of likely N-dealkylation sites (tertiary alicyclic amines) is 1. The maximum atomic E-state index is 14.9. The molecule has 0 saturated carbocycles. The summed E-state index contributed by atoms with van der Waals surface area (Å²) in [5.74, 6) is -0.0415. The number of hydrogen-bond acceptors (Lipinski definition) is 2. The molecule has 0 spiro atoms. The van der Waals surface area contributed by atoms with Crippen molar-refractivity contribution in [2.45, 2.75) is 102 Å². The molecule has 2 fully saturated rings. The fraction of sp³-hybridized carbons (Fsp3) is 0.357. The van der Waals surface area contributed by atoms with Crippen LogP contribution in [0.5, 0.6) is 0 Å². The van der Waals surface area contributed by atoms with Gasteiger partial charge in [0.15, 0.2) is 0 Å². The molecule has 0 amide bonds. The molecule has 0 aromatic heterocycles. The van der Waals surface area contributed by atoms with Gasteiger partial charge in [-0.1, -0.05) is 151 Å². The van der Waals surface area contributed by atoms with Crippen molar-refractivity contribution in [3.63, 3.8) is 0 Å². The van der Waals surface area contributed by atoms with Gasteiger partial charge in [0, 0.05) is 16.5 Å². The van der Waals surface area contributed by atoms with E-state index in [2.05, 4.69) is 173 Å². The summed E-state index contributed by atoms with van der Waals surface area (Å²) >= 11 is 0. The molecule has 5 heteroatoms. The third kappa shape index (κ3) is 9.01. The molecule has 2 aliphatic heterocycles. The van der Waals surface area contributed by atoms with Crippen LogP contribution in [0.4, 0.5) is 13.2 Å². The first-order valence-corrected chi connectivity index (χ1v) is 22.1. The Morgan fingerprint density at radius 3 is 1.18 bits per heavy atom. The number of nitrogens with one attached hydrogen (secondary N) is 1. The average Bonchev–Trinajstić information content (AvgIpc) is 3.23. The number of hydrogen-bond donors (Lipinski definition) is 1. The van der Waals surface area contributed by atoms with Crippen molar-refractivity contribution in [2.24, 2.45) is 5.92 Å². The third-order valence-electron chi connectivity index (χ3n) is 14.0. The van der Waals surface area contributed by atoms with Gasteiger partial charge in [-0.15, -0.1) is 0 Å². The number of aryl methyl sites for hydroxylation is 1. The number of alkyl halides is 3. The van der Waals surface area contributed by atoms with Gasteiger partial charge in [0.1, 0.15) is 0 Å². The second-order valence-electron chi connectivity index (χ2n) is 19.8. The van der Waals surface area contributed by atoms with Crippen molar-refractivity contribution in [3.05, 3.63) is 168 Å². The van der Waals surface area contributed by atoms with Gasteiger partial charge in [-0.2, -0.15) is 13.2 Å². The Labute approximate surface area is 362 Å². The van der Waals surface area contributed by atoms with Gasteiger partial charge >= 0.3 is 6.18 Å². The summed E-state index contributed by atoms with van der Waals surface area (Å²) in [5, 5.41) is 3.62. The van der Waals surface area contributed by atoms with E-state index in [1.54, 1.807) is 12.1 Å². The van der Waals surface area contributed by atoms with E-state index in [-0.39, 0.29) is 28.8 Å². The molecular weight excluding hydrogens is 758 g/mol. The van der Waals surface area contributed by atoms with Gasteiger partial charge in [-0.05, 0) is 161 Å². The summed E-state index contributed by atoms with van der Waals surface area (Å²) in [5.41, 5.74) is 10.9. The van der Waals surface area contributed by atoms with Crippen LogP contribution in [0, 0.1) is 12.8 Å². The predicted molar refractivity (Wildman–Crippen MR) is 249 cm³/mol. The normalized spacial score (nSPS) is 19.0. The molecule has 1 atom stereocenters. The van der Waals surface area contributed by atoms with Crippen LogP contribution >= 0.6 is 0 Å². The number of halogens is 3. The van der Waals surface area contributed by atoms with E-state index in [9.17, 15) is 13.2 Å². The lowest BCUT2D eigenvalue weighted by atomic mass is 9.67. The first kappa shape index (κ1) is 42.7. The second kappa shape index (κ2) is 16.4. The fourth-order valence-electron chi connectivity index (χ4n) is 10.8. The Hall–Kier alpha value is -4.97. The fourth-order valence-corrected chi connectivity index (χ4v) is 10.8. The molecule has 316 valence electrons. The van der Waals surface area contributed by atoms with Gasteiger partial charge < -0.3 is 10.2 Å². The molecule has 1 unspecified atom stereocenters. The monoisotopic (exact) mass is 818 g/mol. The zero-order valence-electron chi connectivity index (χ0n) is 37.0. The van der Waals surface area contributed by atoms with Crippen LogP contribution in [0.3, 0.4) is 0 Å². The van der Waals surface area contributed by atoms with E-state index in [0.717, 1.165) is 48.2 Å². The topological polar surface area (TPSA) is 15.3 Å². The van der Waals surface area contributed by atoms with E-state index in [1.165, 1.54) is 45.9 Å². The van der Waals surface area contributed by atoms with Gasteiger partial charge in [0.2, 0.25) is 0 Å². The highest BCUT2D eigenvalue weighted by atomic mass is 19.4. The van der Waals surface area contributed by atoms with Crippen molar-refractivity contribution < 1.29 is 13.2 Å². The SMILES string of the molecule is Cc1ccc(-c2ccc(-c3ccc(C4(c5ccc(-c6ccc(-c7ccc(C(C)(CC8CC(C)(C)NC(C)(C)C8)C(F)(F)F)cc7)cc6)cc5)CCN(C)CC4)cc3)cc2)cc1. The Bertz CT molecular complexity index is 2390. The van der Waals surface area contributed by atoms with E-state index in [0.29, 0.717) is 18.4 Å². The summed E-state index contributed by atoms with van der Waals surface area (Å²) in [6.45, 7) is 14.0. The molecule has 0 bridgehead atoms. The lowest BCUT2D eigenvalue weighted by Gasteiger charge is -2.48. The Balaban J connectivity index is 0.982. The van der Waals surface area contributed by atoms with Crippen LogP contribution < -0.4 is 5.32 Å². The van der Waals surface area contributed by atoms with Crippen molar-refractivity contribution in [3.8, 4) is 44.5 Å². The van der Waals surface area contributed by atoms with Crippen molar-refractivity contribution in [1.82, 2.24) is 10.2 Å². The molecule has 2 saturated heterocycles. The summed E-state index contributed by atoms with van der Waals surface area (Å²) in [6, 6.07) is 51.4. The van der Waals surface area contributed by atoms with Crippen LogP contribution in [-0.2, 0) is 10.8 Å². The van der Waals surface area contributed by atoms with Gasteiger partial charge in [0.05, 0.1) is 5.41 Å².